The summed E-state index contributed by atoms with van der Waals surface area (Å²) in [6.45, 7) is 1.49. The number of amides is 1. The Hall–Kier alpha value is -1.36. The van der Waals surface area contributed by atoms with Gasteiger partial charge >= 0.3 is 5.97 Å². The van der Waals surface area contributed by atoms with E-state index in [-0.39, 0.29) is 11.8 Å². The van der Waals surface area contributed by atoms with Gasteiger partial charge in [-0.25, -0.2) is 0 Å². The van der Waals surface area contributed by atoms with Gasteiger partial charge in [-0.1, -0.05) is 12.2 Å². The Morgan fingerprint density at radius 3 is 2.15 bits per heavy atom. The van der Waals surface area contributed by atoms with Gasteiger partial charge in [0.25, 0.3) is 0 Å². The molecule has 2 rings (SSSR count). The lowest BCUT2D eigenvalue weighted by Crippen LogP contribution is -2.48. The van der Waals surface area contributed by atoms with E-state index >= 15 is 0 Å². The average Bonchev–Trinajstić information content (AvgIpc) is 2.46. The molecule has 5 heteroatoms. The molecule has 0 radical (unpaired) electrons. The Morgan fingerprint density at radius 1 is 1.10 bits per heavy atom. The molecule has 1 heterocycles. The number of hydrogen-bond donors (Lipinski definition) is 1. The van der Waals surface area contributed by atoms with Crippen molar-refractivity contribution in [1.82, 2.24) is 9.80 Å². The molecule has 1 aliphatic carbocycles. The van der Waals surface area contributed by atoms with Crippen molar-refractivity contribution < 1.29 is 14.7 Å². The van der Waals surface area contributed by atoms with Gasteiger partial charge in [-0.2, -0.15) is 0 Å². The standard InChI is InChI=1S/C15H24N2O3/c1-16(2)11-7-9-17(10-8-11)14(18)12-5-3-4-6-13(12)15(19)20/h3-4,11-13H,5-10H2,1-2H3,(H,19,20)/t12-,13+/m1/s1. The number of aliphatic carboxylic acids is 1. The number of hydrogen-bond acceptors (Lipinski definition) is 3. The molecule has 0 aromatic rings. The Balaban J connectivity index is 1.97. The average molecular weight is 280 g/mol. The third kappa shape index (κ3) is 3.20. The molecule has 0 bridgehead atoms. The van der Waals surface area contributed by atoms with Gasteiger partial charge in [-0.3, -0.25) is 9.59 Å². The number of nitrogens with zero attached hydrogens (tertiary/aromatic N) is 2. The molecule has 1 saturated heterocycles. The van der Waals surface area contributed by atoms with Crippen molar-refractivity contribution in [3.8, 4) is 0 Å². The molecule has 0 saturated carbocycles. The summed E-state index contributed by atoms with van der Waals surface area (Å²) < 4.78 is 0. The minimum atomic E-state index is -0.851. The minimum Gasteiger partial charge on any atom is -0.481 e. The van der Waals surface area contributed by atoms with E-state index in [1.165, 1.54) is 0 Å². The van der Waals surface area contributed by atoms with Crippen molar-refractivity contribution in [1.29, 1.82) is 0 Å². The second-order valence-corrected chi connectivity index (χ2v) is 6.01. The van der Waals surface area contributed by atoms with Crippen LogP contribution in [0, 0.1) is 11.8 Å². The highest BCUT2D eigenvalue weighted by Crippen LogP contribution is 2.29. The summed E-state index contributed by atoms with van der Waals surface area (Å²) >= 11 is 0. The molecular weight excluding hydrogens is 256 g/mol. The van der Waals surface area contributed by atoms with E-state index in [1.54, 1.807) is 0 Å². The summed E-state index contributed by atoms with van der Waals surface area (Å²) in [6, 6.07) is 0.528. The lowest BCUT2D eigenvalue weighted by Gasteiger charge is -2.38. The summed E-state index contributed by atoms with van der Waals surface area (Å²) in [6.07, 6.45) is 6.79. The molecule has 1 amide bonds. The van der Waals surface area contributed by atoms with Crippen LogP contribution in [-0.4, -0.2) is 60.0 Å². The molecule has 0 unspecified atom stereocenters. The van der Waals surface area contributed by atoms with Crippen LogP contribution >= 0.6 is 0 Å². The van der Waals surface area contributed by atoms with E-state index in [1.807, 2.05) is 17.1 Å². The highest BCUT2D eigenvalue weighted by Gasteiger charge is 2.37. The second kappa shape index (κ2) is 6.39. The SMILES string of the molecule is CN(C)C1CCN(C(=O)[C@@H]2CC=CC[C@@H]2C(=O)O)CC1. The molecule has 2 atom stereocenters. The van der Waals surface area contributed by atoms with Gasteiger partial charge < -0.3 is 14.9 Å². The van der Waals surface area contributed by atoms with Crippen LogP contribution in [0.5, 0.6) is 0 Å². The largest absolute Gasteiger partial charge is 0.481 e. The van der Waals surface area contributed by atoms with Gasteiger partial charge in [0.2, 0.25) is 5.91 Å². The van der Waals surface area contributed by atoms with Gasteiger partial charge in [-0.05, 0) is 39.8 Å². The van der Waals surface area contributed by atoms with E-state index in [0.29, 0.717) is 18.9 Å². The van der Waals surface area contributed by atoms with Crippen molar-refractivity contribution in [3.63, 3.8) is 0 Å². The van der Waals surface area contributed by atoms with Gasteiger partial charge in [0, 0.05) is 19.1 Å². The van der Waals surface area contributed by atoms with Crippen LogP contribution in [0.25, 0.3) is 0 Å². The maximum Gasteiger partial charge on any atom is 0.307 e. The zero-order chi connectivity index (χ0) is 14.7. The van der Waals surface area contributed by atoms with E-state index in [9.17, 15) is 14.7 Å². The maximum absolute atomic E-state index is 12.6. The first-order chi connectivity index (χ1) is 9.50. The number of carbonyl (C=O) groups is 2. The predicted molar refractivity (Wildman–Crippen MR) is 76.3 cm³/mol. The Bertz CT molecular complexity index is 398. The van der Waals surface area contributed by atoms with E-state index in [4.69, 9.17) is 0 Å². The first-order valence-electron chi connectivity index (χ1n) is 7.33. The minimum absolute atomic E-state index is 0.0268. The van der Waals surface area contributed by atoms with Crippen molar-refractivity contribution in [2.75, 3.05) is 27.2 Å². The van der Waals surface area contributed by atoms with Gasteiger partial charge in [0.1, 0.15) is 0 Å². The topological polar surface area (TPSA) is 60.9 Å². The van der Waals surface area contributed by atoms with Crippen LogP contribution in [0.1, 0.15) is 25.7 Å². The lowest BCUT2D eigenvalue weighted by atomic mass is 9.81. The molecule has 2 aliphatic rings. The second-order valence-electron chi connectivity index (χ2n) is 6.01. The third-order valence-corrected chi connectivity index (χ3v) is 4.57. The molecular formula is C15H24N2O3. The molecule has 0 spiro atoms. The summed E-state index contributed by atoms with van der Waals surface area (Å²) in [5.74, 6) is -1.76. The Morgan fingerprint density at radius 2 is 1.65 bits per heavy atom. The third-order valence-electron chi connectivity index (χ3n) is 4.57. The van der Waals surface area contributed by atoms with Crippen LogP contribution < -0.4 is 0 Å². The number of carboxylic acids is 1. The summed E-state index contributed by atoms with van der Waals surface area (Å²) in [5, 5.41) is 9.26. The number of likely N-dealkylation sites (tertiary alicyclic amines) is 1. The Kier molecular flexibility index (Phi) is 4.81. The lowest BCUT2D eigenvalue weighted by molar-refractivity contribution is -0.151. The zero-order valence-electron chi connectivity index (χ0n) is 12.3. The van der Waals surface area contributed by atoms with E-state index in [0.717, 1.165) is 25.9 Å². The van der Waals surface area contributed by atoms with Crippen molar-refractivity contribution in [2.45, 2.75) is 31.7 Å². The maximum atomic E-state index is 12.6. The summed E-state index contributed by atoms with van der Waals surface area (Å²) in [5.41, 5.74) is 0. The number of piperidine rings is 1. The van der Waals surface area contributed by atoms with Crippen LogP contribution in [0.3, 0.4) is 0 Å². The molecule has 0 aromatic heterocycles. The number of carboxylic acid groups (broad SMARTS) is 1. The zero-order valence-corrected chi connectivity index (χ0v) is 12.3. The van der Waals surface area contributed by atoms with Crippen LogP contribution in [-0.2, 0) is 9.59 Å². The first-order valence-corrected chi connectivity index (χ1v) is 7.33. The van der Waals surface area contributed by atoms with Crippen LogP contribution in [0.15, 0.2) is 12.2 Å². The van der Waals surface area contributed by atoms with Crippen molar-refractivity contribution in [3.05, 3.63) is 12.2 Å². The highest BCUT2D eigenvalue weighted by molar-refractivity contribution is 5.85. The molecule has 1 aliphatic heterocycles. The van der Waals surface area contributed by atoms with E-state index < -0.39 is 11.9 Å². The molecule has 20 heavy (non-hydrogen) atoms. The van der Waals surface area contributed by atoms with Crippen molar-refractivity contribution >= 4 is 11.9 Å². The molecule has 5 nitrogen and oxygen atoms in total. The summed E-state index contributed by atoms with van der Waals surface area (Å²) in [4.78, 5) is 27.9. The molecule has 1 fully saturated rings. The molecule has 112 valence electrons. The fourth-order valence-corrected chi connectivity index (χ4v) is 3.20. The quantitative estimate of drug-likeness (QED) is 0.789. The monoisotopic (exact) mass is 280 g/mol. The van der Waals surface area contributed by atoms with Crippen LogP contribution in [0.2, 0.25) is 0 Å². The smallest absolute Gasteiger partial charge is 0.307 e. The van der Waals surface area contributed by atoms with Crippen LogP contribution in [0.4, 0.5) is 0 Å². The van der Waals surface area contributed by atoms with Crippen molar-refractivity contribution in [2.24, 2.45) is 11.8 Å². The van der Waals surface area contributed by atoms with Gasteiger partial charge in [0.15, 0.2) is 0 Å². The number of carbonyl (C=O) groups excluding carboxylic acids is 1. The Labute approximate surface area is 120 Å². The fraction of sp³-hybridized carbons (Fsp3) is 0.733. The first kappa shape index (κ1) is 15.0. The van der Waals surface area contributed by atoms with E-state index in [2.05, 4.69) is 19.0 Å². The fourth-order valence-electron chi connectivity index (χ4n) is 3.20. The van der Waals surface area contributed by atoms with Gasteiger partial charge in [-0.15, -0.1) is 0 Å². The number of rotatable bonds is 3. The summed E-state index contributed by atoms with van der Waals surface area (Å²) in [7, 11) is 4.13. The predicted octanol–water partition coefficient (Wildman–Crippen LogP) is 1.21. The molecule has 0 aromatic carbocycles. The van der Waals surface area contributed by atoms with Gasteiger partial charge in [0.05, 0.1) is 11.8 Å². The normalized spacial score (nSPS) is 27.9. The highest BCUT2D eigenvalue weighted by atomic mass is 16.4. The molecule has 1 N–H and O–H groups in total. The number of allylic oxidation sites excluding steroid dienone is 2.